The summed E-state index contributed by atoms with van der Waals surface area (Å²) in [4.78, 5) is 23.5. The summed E-state index contributed by atoms with van der Waals surface area (Å²) in [5, 5.41) is 8.18. The van der Waals surface area contributed by atoms with Gasteiger partial charge in [0.2, 0.25) is 0 Å². The van der Waals surface area contributed by atoms with Crippen molar-refractivity contribution in [3.63, 3.8) is 0 Å². The van der Waals surface area contributed by atoms with Crippen LogP contribution in [0.2, 0.25) is 0 Å². The van der Waals surface area contributed by atoms with Gasteiger partial charge in [-0.25, -0.2) is 4.98 Å². The molecule has 0 amide bonds. The van der Waals surface area contributed by atoms with Crippen molar-refractivity contribution in [3.8, 4) is 0 Å². The molecular formula is C21H22N4OS2. The molecule has 0 bridgehead atoms. The zero-order valence-corrected chi connectivity index (χ0v) is 17.1. The molecule has 0 radical (unpaired) electrons. The number of rotatable bonds is 8. The van der Waals surface area contributed by atoms with E-state index in [1.54, 1.807) is 28.1 Å². The number of aliphatic imine (C=N–C) groups is 1. The lowest BCUT2D eigenvalue weighted by atomic mass is 10.2. The normalized spacial score (nSPS) is 16.4. The maximum atomic E-state index is 13.0. The molecule has 7 heteroatoms. The SMILES string of the molecule is O=c1c(C=NCCC2CC=CS2)c(NCCc2cccs2)nc2ccccn12. The summed E-state index contributed by atoms with van der Waals surface area (Å²) in [6, 6.07) is 9.74. The number of fused-ring (bicyclic) bond motifs is 1. The zero-order chi connectivity index (χ0) is 19.2. The molecule has 0 aromatic carbocycles. The van der Waals surface area contributed by atoms with Crippen LogP contribution in [0.25, 0.3) is 5.65 Å². The van der Waals surface area contributed by atoms with Crippen molar-refractivity contribution in [2.75, 3.05) is 18.4 Å². The molecule has 0 saturated carbocycles. The summed E-state index contributed by atoms with van der Waals surface area (Å²) < 4.78 is 1.57. The van der Waals surface area contributed by atoms with E-state index < -0.39 is 0 Å². The number of thiophene rings is 1. The van der Waals surface area contributed by atoms with Gasteiger partial charge in [-0.15, -0.1) is 23.1 Å². The number of pyridine rings is 1. The fourth-order valence-electron chi connectivity index (χ4n) is 3.10. The number of nitrogens with zero attached hydrogens (tertiary/aromatic N) is 3. The van der Waals surface area contributed by atoms with Gasteiger partial charge in [0.25, 0.3) is 5.56 Å². The average molecular weight is 411 g/mol. The van der Waals surface area contributed by atoms with Crippen molar-refractivity contribution in [2.45, 2.75) is 24.5 Å². The predicted octanol–water partition coefficient (Wildman–Crippen LogP) is 4.24. The molecule has 3 aromatic rings. The Morgan fingerprint density at radius 2 is 2.29 bits per heavy atom. The van der Waals surface area contributed by atoms with E-state index in [-0.39, 0.29) is 5.56 Å². The number of hydrogen-bond acceptors (Lipinski definition) is 6. The molecule has 4 rings (SSSR count). The van der Waals surface area contributed by atoms with Gasteiger partial charge >= 0.3 is 0 Å². The maximum absolute atomic E-state index is 13.0. The third-order valence-corrected chi connectivity index (χ3v) is 6.68. The molecule has 0 spiro atoms. The number of nitrogens with one attached hydrogen (secondary N) is 1. The Morgan fingerprint density at radius 1 is 1.32 bits per heavy atom. The second kappa shape index (κ2) is 9.21. The highest BCUT2D eigenvalue weighted by molar-refractivity contribution is 8.03. The summed E-state index contributed by atoms with van der Waals surface area (Å²) in [6.45, 7) is 1.44. The first kappa shape index (κ1) is 19.0. The van der Waals surface area contributed by atoms with Crippen LogP contribution in [0.4, 0.5) is 5.82 Å². The molecule has 0 saturated heterocycles. The molecule has 28 heavy (non-hydrogen) atoms. The molecule has 3 aromatic heterocycles. The standard InChI is InChI=1S/C21H22N4OS2/c26-21-18(15-22-10-8-16-5-3-13-27-16)20(23-11-9-17-6-4-14-28-17)24-19-7-1-2-12-25(19)21/h1-4,6-7,12-16,23H,5,8-11H2. The van der Waals surface area contributed by atoms with Crippen LogP contribution in [0.15, 0.2) is 63.2 Å². The van der Waals surface area contributed by atoms with Gasteiger partial charge < -0.3 is 5.32 Å². The fourth-order valence-corrected chi connectivity index (χ4v) is 4.72. The number of thioether (sulfide) groups is 1. The van der Waals surface area contributed by atoms with Gasteiger partial charge in [-0.3, -0.25) is 14.2 Å². The highest BCUT2D eigenvalue weighted by Gasteiger charge is 2.12. The fraction of sp³-hybridized carbons (Fsp3) is 0.286. The van der Waals surface area contributed by atoms with E-state index >= 15 is 0 Å². The topological polar surface area (TPSA) is 58.8 Å². The molecule has 0 fully saturated rings. The van der Waals surface area contributed by atoms with Gasteiger partial charge in [-0.2, -0.15) is 0 Å². The highest BCUT2D eigenvalue weighted by Crippen LogP contribution is 2.26. The summed E-state index contributed by atoms with van der Waals surface area (Å²) in [5.74, 6) is 0.605. The third kappa shape index (κ3) is 4.54. The van der Waals surface area contributed by atoms with Crippen LogP contribution in [0.1, 0.15) is 23.3 Å². The number of anilines is 1. The van der Waals surface area contributed by atoms with Gasteiger partial charge in [0.05, 0.1) is 0 Å². The minimum atomic E-state index is -0.0927. The zero-order valence-electron chi connectivity index (χ0n) is 15.5. The number of allylic oxidation sites excluding steroid dienone is 1. The molecule has 1 unspecified atom stereocenters. The van der Waals surface area contributed by atoms with Crippen molar-refractivity contribution in [1.82, 2.24) is 9.38 Å². The van der Waals surface area contributed by atoms with Crippen LogP contribution in [0.3, 0.4) is 0 Å². The van der Waals surface area contributed by atoms with Crippen LogP contribution in [0, 0.1) is 0 Å². The third-order valence-electron chi connectivity index (χ3n) is 4.58. The van der Waals surface area contributed by atoms with E-state index in [1.807, 2.05) is 30.0 Å². The summed E-state index contributed by atoms with van der Waals surface area (Å²) in [7, 11) is 0. The first-order valence-electron chi connectivity index (χ1n) is 9.39. The lowest BCUT2D eigenvalue weighted by Crippen LogP contribution is -2.23. The molecule has 1 aliphatic heterocycles. The molecule has 5 nitrogen and oxygen atoms in total. The Morgan fingerprint density at radius 3 is 3.11 bits per heavy atom. The number of hydrogen-bond donors (Lipinski definition) is 1. The smallest absolute Gasteiger partial charge is 0.268 e. The second-order valence-corrected chi connectivity index (χ2v) is 8.80. The summed E-state index contributed by atoms with van der Waals surface area (Å²) in [5.41, 5.74) is 1.06. The van der Waals surface area contributed by atoms with Crippen molar-refractivity contribution in [3.05, 3.63) is 74.2 Å². The van der Waals surface area contributed by atoms with E-state index in [9.17, 15) is 4.79 Å². The van der Waals surface area contributed by atoms with Crippen molar-refractivity contribution >= 4 is 40.8 Å². The van der Waals surface area contributed by atoms with Gasteiger partial charge in [0, 0.05) is 35.6 Å². The lowest BCUT2D eigenvalue weighted by Gasteiger charge is -2.10. The van der Waals surface area contributed by atoms with Gasteiger partial charge in [-0.05, 0) is 48.2 Å². The van der Waals surface area contributed by atoms with Gasteiger partial charge in [0.1, 0.15) is 17.0 Å². The van der Waals surface area contributed by atoms with Crippen molar-refractivity contribution in [2.24, 2.45) is 4.99 Å². The largest absolute Gasteiger partial charge is 0.369 e. The van der Waals surface area contributed by atoms with Crippen LogP contribution in [-0.4, -0.2) is 33.9 Å². The van der Waals surface area contributed by atoms with E-state index in [4.69, 9.17) is 0 Å². The monoisotopic (exact) mass is 410 g/mol. The minimum absolute atomic E-state index is 0.0927. The molecular weight excluding hydrogens is 388 g/mol. The van der Waals surface area contributed by atoms with Crippen LogP contribution in [-0.2, 0) is 6.42 Å². The summed E-state index contributed by atoms with van der Waals surface area (Å²) >= 11 is 3.60. The summed E-state index contributed by atoms with van der Waals surface area (Å²) in [6.07, 6.45) is 8.66. The van der Waals surface area contributed by atoms with Crippen molar-refractivity contribution < 1.29 is 0 Å². The Kier molecular flexibility index (Phi) is 6.24. The lowest BCUT2D eigenvalue weighted by molar-refractivity contribution is 0.788. The highest BCUT2D eigenvalue weighted by atomic mass is 32.2. The molecule has 0 aliphatic carbocycles. The van der Waals surface area contributed by atoms with Crippen LogP contribution >= 0.6 is 23.1 Å². The van der Waals surface area contributed by atoms with E-state index in [0.29, 0.717) is 28.8 Å². The second-order valence-electron chi connectivity index (χ2n) is 6.55. The first-order valence-corrected chi connectivity index (χ1v) is 11.2. The predicted molar refractivity (Wildman–Crippen MR) is 120 cm³/mol. The van der Waals surface area contributed by atoms with Gasteiger partial charge in [0.15, 0.2) is 0 Å². The minimum Gasteiger partial charge on any atom is -0.369 e. The average Bonchev–Trinajstić information content (AvgIpc) is 3.41. The van der Waals surface area contributed by atoms with Crippen LogP contribution < -0.4 is 10.9 Å². The van der Waals surface area contributed by atoms with Gasteiger partial charge in [-0.1, -0.05) is 18.2 Å². The Hall–Kier alpha value is -2.38. The molecule has 144 valence electrons. The molecule has 4 heterocycles. The Bertz CT molecular complexity index is 1030. The Labute approximate surface area is 172 Å². The van der Waals surface area contributed by atoms with Crippen molar-refractivity contribution in [1.29, 1.82) is 0 Å². The quantitative estimate of drug-likeness (QED) is 0.565. The van der Waals surface area contributed by atoms with Crippen LogP contribution in [0.5, 0.6) is 0 Å². The number of aromatic nitrogens is 2. The molecule has 1 N–H and O–H groups in total. The van der Waals surface area contributed by atoms with E-state index in [0.717, 1.165) is 25.8 Å². The Balaban J connectivity index is 1.52. The first-order chi connectivity index (χ1) is 13.8. The van der Waals surface area contributed by atoms with E-state index in [1.165, 1.54) is 4.88 Å². The molecule has 1 aliphatic rings. The maximum Gasteiger partial charge on any atom is 0.268 e. The van der Waals surface area contributed by atoms with E-state index in [2.05, 4.69) is 44.3 Å². The molecule has 1 atom stereocenters.